The number of hydrogen-bond acceptors (Lipinski definition) is 2. The topological polar surface area (TPSA) is 26.3 Å². The fraction of sp³-hybridized carbons (Fsp3) is 0.900. The molecular formula is C10H18BrNO2. The van der Waals surface area contributed by atoms with Crippen LogP contribution in [-0.4, -0.2) is 43.2 Å². The number of hydrogen-bond donors (Lipinski definition) is 0. The Labute approximate surface area is 95.8 Å². The van der Waals surface area contributed by atoms with Crippen molar-refractivity contribution in [2.75, 3.05) is 26.7 Å². The summed E-state index contributed by atoms with van der Waals surface area (Å²) < 4.78 is 6.44. The number of likely N-dealkylation sites (N-methyl/N-ethyl adjacent to an activating group) is 1. The van der Waals surface area contributed by atoms with Crippen LogP contribution in [0.2, 0.25) is 0 Å². The number of carbonyl (C=O) groups is 1. The van der Waals surface area contributed by atoms with Crippen LogP contribution in [0, 0.1) is 5.92 Å². The van der Waals surface area contributed by atoms with E-state index in [9.17, 15) is 4.79 Å². The van der Waals surface area contributed by atoms with Crippen LogP contribution in [0.4, 0.5) is 0 Å². The maximum absolute atomic E-state index is 10.9. The molecule has 0 saturated carbocycles. The molecule has 4 heteroatoms. The fourth-order valence-electron chi connectivity index (χ4n) is 2.70. The van der Waals surface area contributed by atoms with Crippen molar-refractivity contribution in [2.24, 2.45) is 5.92 Å². The average Bonchev–Trinajstić information content (AvgIpc) is 2.02. The summed E-state index contributed by atoms with van der Waals surface area (Å²) in [7, 11) is 2.27. The molecule has 3 aliphatic rings. The van der Waals surface area contributed by atoms with Gasteiger partial charge in [0.05, 0.1) is 20.1 Å². The lowest BCUT2D eigenvalue weighted by Gasteiger charge is -2.49. The Morgan fingerprint density at radius 2 is 1.93 bits per heavy atom. The van der Waals surface area contributed by atoms with E-state index in [1.54, 1.807) is 0 Å². The smallest absolute Gasteiger partial charge is 0.303 e. The lowest BCUT2D eigenvalue weighted by molar-refractivity contribution is -0.928. The van der Waals surface area contributed by atoms with Gasteiger partial charge in [-0.2, -0.15) is 0 Å². The van der Waals surface area contributed by atoms with Crippen molar-refractivity contribution in [2.45, 2.75) is 25.9 Å². The number of carbonyl (C=O) groups excluding carboxylic acids is 1. The highest BCUT2D eigenvalue weighted by Gasteiger charge is 2.44. The number of fused-ring (bicyclic) bond motifs is 3. The summed E-state index contributed by atoms with van der Waals surface area (Å²) in [5.74, 6) is 0.522. The van der Waals surface area contributed by atoms with E-state index in [-0.39, 0.29) is 29.1 Å². The Hall–Kier alpha value is -0.0900. The van der Waals surface area contributed by atoms with Crippen LogP contribution in [0.15, 0.2) is 0 Å². The first-order valence-electron chi connectivity index (χ1n) is 5.10. The summed E-state index contributed by atoms with van der Waals surface area (Å²) >= 11 is 0. The maximum atomic E-state index is 10.9. The monoisotopic (exact) mass is 263 g/mol. The Morgan fingerprint density at radius 3 is 2.36 bits per heavy atom. The molecule has 0 aromatic carbocycles. The van der Waals surface area contributed by atoms with E-state index in [4.69, 9.17) is 4.74 Å². The van der Waals surface area contributed by atoms with E-state index in [1.165, 1.54) is 32.9 Å². The van der Waals surface area contributed by atoms with Crippen molar-refractivity contribution in [3.05, 3.63) is 0 Å². The molecule has 3 heterocycles. The summed E-state index contributed by atoms with van der Waals surface area (Å²) in [6.45, 7) is 5.08. The summed E-state index contributed by atoms with van der Waals surface area (Å²) in [4.78, 5) is 10.9. The van der Waals surface area contributed by atoms with Gasteiger partial charge in [0.2, 0.25) is 0 Å². The van der Waals surface area contributed by atoms with E-state index in [1.807, 2.05) is 0 Å². The van der Waals surface area contributed by atoms with Crippen LogP contribution >= 0.6 is 0 Å². The minimum Gasteiger partial charge on any atom is -1.00 e. The maximum Gasteiger partial charge on any atom is 0.303 e. The third kappa shape index (κ3) is 2.28. The van der Waals surface area contributed by atoms with Crippen molar-refractivity contribution in [3.63, 3.8) is 0 Å². The van der Waals surface area contributed by atoms with Gasteiger partial charge in [-0.25, -0.2) is 0 Å². The van der Waals surface area contributed by atoms with Crippen molar-refractivity contribution in [1.82, 2.24) is 0 Å². The molecule has 3 aliphatic heterocycles. The number of nitrogens with zero attached hydrogens (tertiary/aromatic N) is 1. The molecule has 1 unspecified atom stereocenters. The molecule has 2 bridgehead atoms. The molecule has 0 radical (unpaired) electrons. The summed E-state index contributed by atoms with van der Waals surface area (Å²) in [5.41, 5.74) is 0. The number of rotatable bonds is 1. The van der Waals surface area contributed by atoms with Gasteiger partial charge in [0.25, 0.3) is 0 Å². The molecule has 0 N–H and O–H groups in total. The van der Waals surface area contributed by atoms with Gasteiger partial charge in [0.15, 0.2) is 6.10 Å². The Bertz CT molecular complexity index is 224. The first-order chi connectivity index (χ1) is 6.09. The van der Waals surface area contributed by atoms with Crippen LogP contribution in [0.25, 0.3) is 0 Å². The van der Waals surface area contributed by atoms with E-state index in [0.717, 1.165) is 11.0 Å². The van der Waals surface area contributed by atoms with Crippen molar-refractivity contribution < 1.29 is 31.0 Å². The number of halogens is 1. The Morgan fingerprint density at radius 1 is 1.36 bits per heavy atom. The van der Waals surface area contributed by atoms with Gasteiger partial charge >= 0.3 is 5.97 Å². The summed E-state index contributed by atoms with van der Waals surface area (Å²) in [6, 6.07) is 0. The molecule has 0 spiro atoms. The molecule has 0 aliphatic carbocycles. The largest absolute Gasteiger partial charge is 1.00 e. The van der Waals surface area contributed by atoms with Gasteiger partial charge < -0.3 is 26.2 Å². The zero-order chi connectivity index (χ0) is 9.47. The molecule has 3 fully saturated rings. The number of piperidine rings is 3. The normalized spacial score (nSPS) is 40.1. The van der Waals surface area contributed by atoms with Crippen molar-refractivity contribution in [3.8, 4) is 0 Å². The summed E-state index contributed by atoms with van der Waals surface area (Å²) in [5, 5.41) is 0. The van der Waals surface area contributed by atoms with Crippen LogP contribution < -0.4 is 17.0 Å². The number of esters is 1. The lowest BCUT2D eigenvalue weighted by atomic mass is 9.84. The molecular weight excluding hydrogens is 246 g/mol. The second-order valence-electron chi connectivity index (χ2n) is 4.73. The highest BCUT2D eigenvalue weighted by atomic mass is 79.9. The third-order valence-corrected chi connectivity index (χ3v) is 3.54. The fourth-order valence-corrected chi connectivity index (χ4v) is 2.70. The van der Waals surface area contributed by atoms with Crippen LogP contribution in [0.5, 0.6) is 0 Å². The molecule has 3 saturated heterocycles. The SMILES string of the molecule is CC(=O)OC1C[N+]2(C)CCC1CC2.[Br-]. The second kappa shape index (κ2) is 4.19. The standard InChI is InChI=1S/C10H18NO2.BrH/c1-8(12)13-10-7-11(2)5-3-9(10)4-6-11;/h9-10H,3-7H2,1-2H3;1H/q+1;/p-1. The van der Waals surface area contributed by atoms with E-state index < -0.39 is 0 Å². The van der Waals surface area contributed by atoms with Gasteiger partial charge in [-0.3, -0.25) is 4.79 Å². The van der Waals surface area contributed by atoms with Gasteiger partial charge in [-0.05, 0) is 0 Å². The molecule has 3 rings (SSSR count). The number of quaternary nitrogens is 1. The zero-order valence-corrected chi connectivity index (χ0v) is 10.4. The van der Waals surface area contributed by atoms with E-state index in [0.29, 0.717) is 5.92 Å². The molecule has 82 valence electrons. The minimum atomic E-state index is -0.120. The van der Waals surface area contributed by atoms with E-state index >= 15 is 0 Å². The van der Waals surface area contributed by atoms with Crippen LogP contribution in [-0.2, 0) is 9.53 Å². The van der Waals surface area contributed by atoms with Crippen LogP contribution in [0.1, 0.15) is 19.8 Å². The second-order valence-corrected chi connectivity index (χ2v) is 4.73. The quantitative estimate of drug-likeness (QED) is 0.396. The average molecular weight is 264 g/mol. The van der Waals surface area contributed by atoms with Gasteiger partial charge in [0.1, 0.15) is 6.54 Å². The highest BCUT2D eigenvalue weighted by molar-refractivity contribution is 5.66. The molecule has 14 heavy (non-hydrogen) atoms. The molecule has 1 atom stereocenters. The first-order valence-corrected chi connectivity index (χ1v) is 5.10. The Balaban J connectivity index is 0.000000980. The first kappa shape index (κ1) is 12.0. The predicted molar refractivity (Wildman–Crippen MR) is 49.1 cm³/mol. The van der Waals surface area contributed by atoms with Gasteiger partial charge in [0, 0.05) is 25.7 Å². The predicted octanol–water partition coefficient (Wildman–Crippen LogP) is -2.21. The highest BCUT2D eigenvalue weighted by Crippen LogP contribution is 2.33. The molecule has 3 nitrogen and oxygen atoms in total. The van der Waals surface area contributed by atoms with Crippen molar-refractivity contribution in [1.29, 1.82) is 0 Å². The zero-order valence-electron chi connectivity index (χ0n) is 8.83. The van der Waals surface area contributed by atoms with E-state index in [2.05, 4.69) is 7.05 Å². The summed E-state index contributed by atoms with van der Waals surface area (Å²) in [6.07, 6.45) is 2.66. The van der Waals surface area contributed by atoms with Gasteiger partial charge in [-0.15, -0.1) is 0 Å². The molecule has 0 amide bonds. The third-order valence-electron chi connectivity index (χ3n) is 3.54. The van der Waals surface area contributed by atoms with Crippen molar-refractivity contribution >= 4 is 5.97 Å². The lowest BCUT2D eigenvalue weighted by Crippen LogP contribution is -3.00. The number of ether oxygens (including phenoxy) is 1. The minimum absolute atomic E-state index is 0. The van der Waals surface area contributed by atoms with Gasteiger partial charge in [-0.1, -0.05) is 0 Å². The van der Waals surface area contributed by atoms with Crippen LogP contribution in [0.3, 0.4) is 0 Å². The molecule has 0 aromatic rings. The Kier molecular flexibility index (Phi) is 3.58. The molecule has 0 aromatic heterocycles.